The molecule has 0 heterocycles. The summed E-state index contributed by atoms with van der Waals surface area (Å²) in [7, 11) is 0. The maximum atomic E-state index is 9.55. The first-order valence-electron chi connectivity index (χ1n) is 7.23. The number of hydrogen-bond donors (Lipinski definition) is 1. The summed E-state index contributed by atoms with van der Waals surface area (Å²) >= 11 is 0. The van der Waals surface area contributed by atoms with Gasteiger partial charge in [-0.15, -0.1) is 0 Å². The molecular formula is C15H28O. The van der Waals surface area contributed by atoms with Gasteiger partial charge in [-0.1, -0.05) is 51.9 Å². The summed E-state index contributed by atoms with van der Waals surface area (Å²) in [4.78, 5) is 0. The molecule has 0 spiro atoms. The Balaban J connectivity index is 1.79. The van der Waals surface area contributed by atoms with Gasteiger partial charge in [0.2, 0.25) is 0 Å². The minimum atomic E-state index is 0.536. The van der Waals surface area contributed by atoms with E-state index in [1.54, 1.807) is 0 Å². The second kappa shape index (κ2) is 8.66. The van der Waals surface area contributed by atoms with Gasteiger partial charge < -0.3 is 5.11 Å². The summed E-state index contributed by atoms with van der Waals surface area (Å²) in [5.74, 6) is 1.21. The van der Waals surface area contributed by atoms with Crippen LogP contribution in [0, 0.1) is 5.92 Å². The van der Waals surface area contributed by atoms with E-state index in [1.807, 2.05) is 0 Å². The third-order valence-corrected chi connectivity index (χ3v) is 3.41. The fraction of sp³-hybridized carbons (Fsp3) is 0.867. The second-order valence-electron chi connectivity index (χ2n) is 5.17. The van der Waals surface area contributed by atoms with E-state index in [4.69, 9.17) is 0 Å². The van der Waals surface area contributed by atoms with E-state index in [2.05, 4.69) is 13.0 Å². The average Bonchev–Trinajstić information content (AvgIpc) is 3.10. The molecule has 0 saturated heterocycles. The van der Waals surface area contributed by atoms with Crippen LogP contribution >= 0.6 is 0 Å². The van der Waals surface area contributed by atoms with Crippen molar-refractivity contribution in [2.24, 2.45) is 5.92 Å². The highest BCUT2D eigenvalue weighted by molar-refractivity contribution is 5.03. The molecule has 0 amide bonds. The Morgan fingerprint density at radius 1 is 1.00 bits per heavy atom. The predicted molar refractivity (Wildman–Crippen MR) is 70.7 cm³/mol. The third-order valence-electron chi connectivity index (χ3n) is 3.41. The molecule has 1 aliphatic carbocycles. The van der Waals surface area contributed by atoms with Crippen LogP contribution in [0.15, 0.2) is 11.8 Å². The Labute approximate surface area is 101 Å². The minimum absolute atomic E-state index is 0.536. The normalized spacial score (nSPS) is 16.7. The molecule has 16 heavy (non-hydrogen) atoms. The van der Waals surface area contributed by atoms with Crippen molar-refractivity contribution in [2.75, 3.05) is 0 Å². The van der Waals surface area contributed by atoms with Gasteiger partial charge in [0.25, 0.3) is 0 Å². The van der Waals surface area contributed by atoms with Gasteiger partial charge in [0.05, 0.1) is 5.76 Å². The molecule has 1 nitrogen and oxygen atoms in total. The Morgan fingerprint density at radius 2 is 1.56 bits per heavy atom. The predicted octanol–water partition coefficient (Wildman–Crippen LogP) is 5.37. The number of hydrogen-bond acceptors (Lipinski definition) is 1. The molecule has 1 saturated carbocycles. The van der Waals surface area contributed by atoms with Crippen LogP contribution < -0.4 is 0 Å². The molecule has 0 bridgehead atoms. The number of unbranched alkanes of at least 4 members (excludes halogenated alkanes) is 8. The molecule has 1 fully saturated rings. The van der Waals surface area contributed by atoms with Crippen LogP contribution in [-0.4, -0.2) is 5.11 Å². The highest BCUT2D eigenvalue weighted by atomic mass is 16.3. The summed E-state index contributed by atoms with van der Waals surface area (Å²) in [6.07, 6.45) is 16.5. The first kappa shape index (κ1) is 13.6. The Hall–Kier alpha value is -0.460. The van der Waals surface area contributed by atoms with E-state index >= 15 is 0 Å². The van der Waals surface area contributed by atoms with Gasteiger partial charge in [-0.2, -0.15) is 0 Å². The molecular weight excluding hydrogens is 196 g/mol. The lowest BCUT2D eigenvalue weighted by Gasteiger charge is -2.00. The molecule has 94 valence electrons. The Morgan fingerprint density at radius 3 is 2.12 bits per heavy atom. The fourth-order valence-electron chi connectivity index (χ4n) is 2.07. The van der Waals surface area contributed by atoms with Crippen LogP contribution in [0.5, 0.6) is 0 Å². The second-order valence-corrected chi connectivity index (χ2v) is 5.17. The number of aliphatic hydroxyl groups is 1. The van der Waals surface area contributed by atoms with Crippen molar-refractivity contribution in [3.63, 3.8) is 0 Å². The van der Waals surface area contributed by atoms with Crippen molar-refractivity contribution >= 4 is 0 Å². The third kappa shape index (κ3) is 6.92. The molecule has 0 aromatic heterocycles. The van der Waals surface area contributed by atoms with Crippen LogP contribution in [0.1, 0.15) is 77.6 Å². The minimum Gasteiger partial charge on any atom is -0.512 e. The summed E-state index contributed by atoms with van der Waals surface area (Å²) in [6, 6.07) is 0. The van der Waals surface area contributed by atoms with Crippen LogP contribution in [0.2, 0.25) is 0 Å². The van der Waals surface area contributed by atoms with Gasteiger partial charge in [-0.3, -0.25) is 0 Å². The number of aliphatic hydroxyl groups excluding tert-OH is 1. The van der Waals surface area contributed by atoms with Gasteiger partial charge in [-0.25, -0.2) is 0 Å². The van der Waals surface area contributed by atoms with Gasteiger partial charge in [-0.05, 0) is 31.8 Å². The molecule has 0 unspecified atom stereocenters. The van der Waals surface area contributed by atoms with Crippen LogP contribution in [0.3, 0.4) is 0 Å². The van der Waals surface area contributed by atoms with Crippen LogP contribution in [-0.2, 0) is 0 Å². The first-order chi connectivity index (χ1) is 7.84. The summed E-state index contributed by atoms with van der Waals surface area (Å²) in [5, 5.41) is 9.55. The standard InChI is InChI=1S/C15H28O/c1-2-3-4-5-6-7-8-9-10-11-15(16)14-12-13-14/h11,14,16H,2-10,12-13H2,1H3. The smallest absolute Gasteiger partial charge is 0.0913 e. The molecule has 0 aromatic rings. The first-order valence-corrected chi connectivity index (χ1v) is 7.23. The zero-order chi connectivity index (χ0) is 11.6. The van der Waals surface area contributed by atoms with Gasteiger partial charge >= 0.3 is 0 Å². The molecule has 0 aliphatic heterocycles. The van der Waals surface area contributed by atoms with Crippen molar-refractivity contribution < 1.29 is 5.11 Å². The Kier molecular flexibility index (Phi) is 7.37. The molecule has 0 radical (unpaired) electrons. The van der Waals surface area contributed by atoms with Crippen molar-refractivity contribution in [3.05, 3.63) is 11.8 Å². The van der Waals surface area contributed by atoms with Gasteiger partial charge in [0, 0.05) is 5.92 Å². The lowest BCUT2D eigenvalue weighted by Crippen LogP contribution is -1.84. The van der Waals surface area contributed by atoms with E-state index in [0.717, 1.165) is 6.42 Å². The molecule has 1 rings (SSSR count). The largest absolute Gasteiger partial charge is 0.512 e. The van der Waals surface area contributed by atoms with Gasteiger partial charge in [0.15, 0.2) is 0 Å². The highest BCUT2D eigenvalue weighted by Gasteiger charge is 2.25. The highest BCUT2D eigenvalue weighted by Crippen LogP contribution is 2.35. The van der Waals surface area contributed by atoms with Crippen molar-refractivity contribution in [1.82, 2.24) is 0 Å². The lowest BCUT2D eigenvalue weighted by atomic mass is 10.1. The van der Waals surface area contributed by atoms with Crippen molar-refractivity contribution in [2.45, 2.75) is 77.6 Å². The summed E-state index contributed by atoms with van der Waals surface area (Å²) in [5.41, 5.74) is 0. The molecule has 1 aliphatic rings. The topological polar surface area (TPSA) is 20.2 Å². The van der Waals surface area contributed by atoms with Crippen molar-refractivity contribution in [1.29, 1.82) is 0 Å². The van der Waals surface area contributed by atoms with E-state index in [0.29, 0.717) is 11.7 Å². The number of rotatable bonds is 10. The van der Waals surface area contributed by atoms with Crippen LogP contribution in [0.25, 0.3) is 0 Å². The molecule has 0 atom stereocenters. The van der Waals surface area contributed by atoms with E-state index in [1.165, 1.54) is 64.2 Å². The zero-order valence-corrected chi connectivity index (χ0v) is 10.9. The zero-order valence-electron chi connectivity index (χ0n) is 10.9. The van der Waals surface area contributed by atoms with Crippen LogP contribution in [0.4, 0.5) is 0 Å². The quantitative estimate of drug-likeness (QED) is 0.391. The molecule has 0 aromatic carbocycles. The van der Waals surface area contributed by atoms with E-state index in [9.17, 15) is 5.11 Å². The fourth-order valence-corrected chi connectivity index (χ4v) is 2.07. The Bertz CT molecular complexity index is 192. The number of allylic oxidation sites excluding steroid dienone is 2. The van der Waals surface area contributed by atoms with Gasteiger partial charge in [0.1, 0.15) is 0 Å². The summed E-state index contributed by atoms with van der Waals surface area (Å²) in [6.45, 7) is 2.26. The van der Waals surface area contributed by atoms with E-state index in [-0.39, 0.29) is 0 Å². The lowest BCUT2D eigenvalue weighted by molar-refractivity contribution is 0.375. The average molecular weight is 224 g/mol. The maximum absolute atomic E-state index is 9.55. The van der Waals surface area contributed by atoms with Crippen molar-refractivity contribution in [3.8, 4) is 0 Å². The maximum Gasteiger partial charge on any atom is 0.0913 e. The molecule has 1 N–H and O–H groups in total. The SMILES string of the molecule is CCCCCCCCCCC=C(O)C1CC1. The monoisotopic (exact) mass is 224 g/mol. The van der Waals surface area contributed by atoms with E-state index < -0.39 is 0 Å². The summed E-state index contributed by atoms with van der Waals surface area (Å²) < 4.78 is 0. The molecule has 1 heteroatoms.